The van der Waals surface area contributed by atoms with E-state index in [9.17, 15) is 24.6 Å². The number of ether oxygens (including phenoxy) is 3. The molecule has 2 heterocycles. The van der Waals surface area contributed by atoms with Crippen molar-refractivity contribution in [3.05, 3.63) is 23.8 Å². The van der Waals surface area contributed by atoms with Crippen LogP contribution in [-0.2, 0) is 23.8 Å². The quantitative estimate of drug-likeness (QED) is 0.364. The number of carbonyl (C=O) groups excluding carboxylic acids is 3. The highest BCUT2D eigenvalue weighted by atomic mass is 16.6. The fraction of sp³-hybridized carbons (Fsp3) is 0.741. The zero-order valence-corrected chi connectivity index (χ0v) is 22.1. The van der Waals surface area contributed by atoms with E-state index in [4.69, 9.17) is 19.9 Å². The molecular weight excluding hydrogens is 466 g/mol. The van der Waals surface area contributed by atoms with Gasteiger partial charge in [-0.1, -0.05) is 44.6 Å². The van der Waals surface area contributed by atoms with Crippen LogP contribution in [0, 0.1) is 17.8 Å². The van der Waals surface area contributed by atoms with Gasteiger partial charge in [0.25, 0.3) is 0 Å². The van der Waals surface area contributed by atoms with Crippen LogP contribution in [0.2, 0.25) is 0 Å². The van der Waals surface area contributed by atoms with Crippen LogP contribution in [0.5, 0.6) is 0 Å². The fourth-order valence-electron chi connectivity index (χ4n) is 5.02. The topological polar surface area (TPSA) is 145 Å². The molecule has 1 fully saturated rings. The number of fused-ring (bicyclic) bond motifs is 2. The summed E-state index contributed by atoms with van der Waals surface area (Å²) in [5.41, 5.74) is 5.92. The van der Waals surface area contributed by atoms with Gasteiger partial charge in [0.05, 0.1) is 18.6 Å². The SMILES string of the molecule is C/C=C/C(C)CCC(C)[C@@H]1C[C@H](O)CC(=O)C/C(C)=C\[C@H]2O[C@@](O)(CC(=O)O1)C[C@@H](OC(N)=O)[C@H]2C. The van der Waals surface area contributed by atoms with E-state index in [1.165, 1.54) is 0 Å². The molecule has 2 aliphatic heterocycles. The molecule has 2 bridgehead atoms. The average molecular weight is 510 g/mol. The van der Waals surface area contributed by atoms with Crippen LogP contribution < -0.4 is 5.73 Å². The third-order valence-corrected chi connectivity index (χ3v) is 7.08. The number of Topliss-reactive ketones (excluding diaryl/α,β-unsaturated/α-hetero) is 1. The number of cyclic esters (lactones) is 1. The van der Waals surface area contributed by atoms with Gasteiger partial charge in [-0.2, -0.15) is 0 Å². The number of hydrogen-bond acceptors (Lipinski definition) is 8. The zero-order valence-electron chi connectivity index (χ0n) is 22.1. The molecule has 0 aromatic rings. The summed E-state index contributed by atoms with van der Waals surface area (Å²) in [6.07, 6.45) is 2.83. The Bertz CT molecular complexity index is 840. The van der Waals surface area contributed by atoms with Crippen LogP contribution in [-0.4, -0.2) is 58.3 Å². The lowest BCUT2D eigenvalue weighted by molar-refractivity contribution is -0.279. The predicted molar refractivity (Wildman–Crippen MR) is 134 cm³/mol. The van der Waals surface area contributed by atoms with Crippen LogP contribution in [0.4, 0.5) is 4.79 Å². The van der Waals surface area contributed by atoms with Gasteiger partial charge in [0.1, 0.15) is 18.0 Å². The molecule has 204 valence electrons. The minimum absolute atomic E-state index is 0.0562. The molecule has 0 spiro atoms. The van der Waals surface area contributed by atoms with Crippen LogP contribution in [0.15, 0.2) is 23.8 Å². The molecular formula is C27H43NO8. The second-order valence-corrected chi connectivity index (χ2v) is 10.7. The van der Waals surface area contributed by atoms with E-state index in [2.05, 4.69) is 13.0 Å². The van der Waals surface area contributed by atoms with Gasteiger partial charge in [-0.05, 0) is 38.5 Å². The Balaban J connectivity index is 2.31. The van der Waals surface area contributed by atoms with Crippen molar-refractivity contribution in [3.63, 3.8) is 0 Å². The van der Waals surface area contributed by atoms with E-state index >= 15 is 0 Å². The Kier molecular flexibility index (Phi) is 11.1. The van der Waals surface area contributed by atoms with Gasteiger partial charge in [0.2, 0.25) is 0 Å². The van der Waals surface area contributed by atoms with Gasteiger partial charge in [0, 0.05) is 31.6 Å². The predicted octanol–water partition coefficient (Wildman–Crippen LogP) is 3.55. The van der Waals surface area contributed by atoms with E-state index in [1.54, 1.807) is 19.9 Å². The molecule has 2 aliphatic rings. The number of hydrogen-bond donors (Lipinski definition) is 3. The average Bonchev–Trinajstić information content (AvgIpc) is 2.73. The van der Waals surface area contributed by atoms with Crippen LogP contribution in [0.25, 0.3) is 0 Å². The van der Waals surface area contributed by atoms with E-state index in [0.29, 0.717) is 11.5 Å². The van der Waals surface area contributed by atoms with Crippen LogP contribution in [0.3, 0.4) is 0 Å². The fourth-order valence-corrected chi connectivity index (χ4v) is 5.02. The summed E-state index contributed by atoms with van der Waals surface area (Å²) in [7, 11) is 0. The first-order valence-corrected chi connectivity index (χ1v) is 12.9. The van der Waals surface area contributed by atoms with Crippen molar-refractivity contribution in [2.75, 3.05) is 0 Å². The number of primary amides is 1. The number of amides is 1. The summed E-state index contributed by atoms with van der Waals surface area (Å²) in [4.78, 5) is 37.1. The molecule has 8 atom stereocenters. The van der Waals surface area contributed by atoms with Crippen molar-refractivity contribution in [1.29, 1.82) is 0 Å². The normalized spacial score (nSPS) is 35.8. The molecule has 0 aromatic carbocycles. The van der Waals surface area contributed by atoms with E-state index in [-0.39, 0.29) is 43.3 Å². The van der Waals surface area contributed by atoms with Crippen LogP contribution in [0.1, 0.15) is 79.6 Å². The maximum Gasteiger partial charge on any atom is 0.404 e. The van der Waals surface area contributed by atoms with E-state index < -0.39 is 48.7 Å². The Morgan fingerprint density at radius 2 is 2.03 bits per heavy atom. The molecule has 0 saturated carbocycles. The first kappa shape index (κ1) is 30.0. The number of ketones is 1. The highest BCUT2D eigenvalue weighted by molar-refractivity contribution is 5.81. The molecule has 0 radical (unpaired) electrons. The van der Waals surface area contributed by atoms with Gasteiger partial charge in [-0.3, -0.25) is 9.59 Å². The molecule has 1 saturated heterocycles. The smallest absolute Gasteiger partial charge is 0.404 e. The van der Waals surface area contributed by atoms with Crippen molar-refractivity contribution in [2.24, 2.45) is 23.5 Å². The molecule has 1 amide bonds. The van der Waals surface area contributed by atoms with Gasteiger partial charge < -0.3 is 30.2 Å². The third kappa shape index (κ3) is 9.33. The second-order valence-electron chi connectivity index (χ2n) is 10.7. The lowest BCUT2D eigenvalue weighted by atomic mass is 9.85. The van der Waals surface area contributed by atoms with Gasteiger partial charge in [-0.25, -0.2) is 4.79 Å². The molecule has 4 N–H and O–H groups in total. The molecule has 2 rings (SSSR count). The Morgan fingerprint density at radius 3 is 2.67 bits per heavy atom. The molecule has 36 heavy (non-hydrogen) atoms. The Labute approximate surface area is 214 Å². The summed E-state index contributed by atoms with van der Waals surface area (Å²) >= 11 is 0. The number of rotatable bonds is 6. The maximum atomic E-state index is 13.0. The molecule has 2 unspecified atom stereocenters. The van der Waals surface area contributed by atoms with Crippen molar-refractivity contribution < 1.29 is 38.8 Å². The molecule has 9 nitrogen and oxygen atoms in total. The maximum absolute atomic E-state index is 13.0. The molecule has 0 aliphatic carbocycles. The van der Waals surface area contributed by atoms with Crippen molar-refractivity contribution >= 4 is 17.8 Å². The number of aliphatic hydroxyl groups is 2. The lowest BCUT2D eigenvalue weighted by Crippen LogP contribution is -2.53. The van der Waals surface area contributed by atoms with Crippen LogP contribution >= 0.6 is 0 Å². The lowest BCUT2D eigenvalue weighted by Gasteiger charge is -2.43. The first-order chi connectivity index (χ1) is 16.8. The first-order valence-electron chi connectivity index (χ1n) is 12.9. The number of allylic oxidation sites excluding steroid dienone is 3. The minimum Gasteiger partial charge on any atom is -0.462 e. The summed E-state index contributed by atoms with van der Waals surface area (Å²) in [5.74, 6) is -2.92. The van der Waals surface area contributed by atoms with E-state index in [0.717, 1.165) is 12.8 Å². The third-order valence-electron chi connectivity index (χ3n) is 7.08. The highest BCUT2D eigenvalue weighted by Gasteiger charge is 2.47. The highest BCUT2D eigenvalue weighted by Crippen LogP contribution is 2.37. The van der Waals surface area contributed by atoms with Crippen molar-refractivity contribution in [1.82, 2.24) is 0 Å². The summed E-state index contributed by atoms with van der Waals surface area (Å²) in [6, 6.07) is 0. The largest absolute Gasteiger partial charge is 0.462 e. The van der Waals surface area contributed by atoms with Crippen molar-refractivity contribution in [3.8, 4) is 0 Å². The zero-order chi connectivity index (χ0) is 27.0. The van der Waals surface area contributed by atoms with Gasteiger partial charge in [0.15, 0.2) is 5.79 Å². The number of carbonyl (C=O) groups is 3. The summed E-state index contributed by atoms with van der Waals surface area (Å²) in [6.45, 7) is 9.56. The number of nitrogens with two attached hydrogens (primary N) is 1. The van der Waals surface area contributed by atoms with Crippen molar-refractivity contribution in [2.45, 2.75) is 110 Å². The summed E-state index contributed by atoms with van der Waals surface area (Å²) in [5, 5.41) is 21.9. The molecule has 0 aromatic heterocycles. The van der Waals surface area contributed by atoms with Gasteiger partial charge >= 0.3 is 12.1 Å². The summed E-state index contributed by atoms with van der Waals surface area (Å²) < 4.78 is 16.9. The Morgan fingerprint density at radius 1 is 1.33 bits per heavy atom. The molecule has 9 heteroatoms. The Hall–Kier alpha value is -2.23. The number of esters is 1. The number of aliphatic hydroxyl groups excluding tert-OH is 1. The second kappa shape index (κ2) is 13.4. The van der Waals surface area contributed by atoms with Gasteiger partial charge in [-0.15, -0.1) is 0 Å². The minimum atomic E-state index is -1.95. The monoisotopic (exact) mass is 509 g/mol. The standard InChI is InChI=1S/C27H43NO8/c1-6-7-16(2)8-9-18(4)22-13-21(30)12-20(29)10-17(3)11-23-19(5)24(35-26(28)32)14-27(33,36-23)15-25(31)34-22/h6-7,11,16,18-19,21-24,30,33H,8-10,12-15H2,1-5H3,(H2,28,32)/b7-6+,17-11-/t16?,18?,19-,21+,22-,23+,24+,27+/m0/s1. The van der Waals surface area contributed by atoms with E-state index in [1.807, 2.05) is 19.9 Å².